The number of aliphatic hydroxyl groups is 2. The van der Waals surface area contributed by atoms with Crippen molar-refractivity contribution in [1.82, 2.24) is 0 Å². The van der Waals surface area contributed by atoms with E-state index >= 15 is 0 Å². The predicted molar refractivity (Wildman–Crippen MR) is 60.8 cm³/mol. The Bertz CT molecular complexity index is 517. The van der Waals surface area contributed by atoms with Crippen LogP contribution in [0.5, 0.6) is 0 Å². The number of nitrogens with two attached hydrogens (primary N) is 1. The molecule has 0 heterocycles. The fraction of sp³-hybridized carbons (Fsp3) is 1.00. The molecule has 0 amide bonds. The second-order valence-corrected chi connectivity index (χ2v) is 5.63. The first-order valence-corrected chi connectivity index (χ1v) is 6.57. The van der Waals surface area contributed by atoms with E-state index in [2.05, 4.69) is 0 Å². The van der Waals surface area contributed by atoms with Crippen molar-refractivity contribution in [3.05, 3.63) is 0 Å². The van der Waals surface area contributed by atoms with Gasteiger partial charge in [0.25, 0.3) is 0 Å². The average molecular weight is 437 g/mol. The summed E-state index contributed by atoms with van der Waals surface area (Å²) in [6.45, 7) is -0.0216. The lowest BCUT2D eigenvalue weighted by molar-refractivity contribution is -0.443. The minimum Gasteiger partial charge on any atom is -0.367 e. The summed E-state index contributed by atoms with van der Waals surface area (Å²) >= 11 is 0. The van der Waals surface area contributed by atoms with Crippen molar-refractivity contribution in [2.45, 2.75) is 61.5 Å². The topological polar surface area (TPSA) is 66.5 Å². The van der Waals surface area contributed by atoms with E-state index in [1.807, 2.05) is 0 Å². The molecule has 164 valence electrons. The van der Waals surface area contributed by atoms with Gasteiger partial charge in [-0.3, -0.25) is 0 Å². The molecule has 0 fully saturated rings. The molecule has 0 aliphatic carbocycles. The maximum atomic E-state index is 13.6. The zero-order valence-corrected chi connectivity index (χ0v) is 12.8. The van der Waals surface area contributed by atoms with Crippen LogP contribution in [0, 0.1) is 5.92 Å². The van der Waals surface area contributed by atoms with Gasteiger partial charge in [-0.1, -0.05) is 6.92 Å². The van der Waals surface area contributed by atoms with Gasteiger partial charge >= 0.3 is 35.8 Å². The van der Waals surface area contributed by atoms with Crippen molar-refractivity contribution in [2.24, 2.45) is 11.7 Å². The smallest absolute Gasteiger partial charge is 0.367 e. The molecule has 3 nitrogen and oxygen atoms in total. The van der Waals surface area contributed by atoms with E-state index in [0.717, 1.165) is 0 Å². The normalized spacial score (nSPS) is 18.0. The van der Waals surface area contributed by atoms with E-state index in [9.17, 15) is 57.1 Å². The molecule has 2 atom stereocenters. The highest BCUT2D eigenvalue weighted by atomic mass is 19.4. The highest BCUT2D eigenvalue weighted by molar-refractivity contribution is 5.11. The zero-order valence-electron chi connectivity index (χ0n) is 12.8. The zero-order chi connectivity index (χ0) is 22.4. The molecule has 27 heavy (non-hydrogen) atoms. The molecule has 0 rings (SSSR count). The predicted octanol–water partition coefficient (Wildman–Crippen LogP) is 3.39. The van der Waals surface area contributed by atoms with Crippen molar-refractivity contribution in [3.8, 4) is 0 Å². The third kappa shape index (κ3) is 3.92. The van der Waals surface area contributed by atoms with Crippen molar-refractivity contribution in [1.29, 1.82) is 0 Å². The molecule has 0 aliphatic heterocycles. The Morgan fingerprint density at radius 2 is 1.00 bits per heavy atom. The van der Waals surface area contributed by atoms with E-state index in [1.54, 1.807) is 0 Å². The lowest BCUT2D eigenvalue weighted by Crippen LogP contribution is -2.71. The maximum Gasteiger partial charge on any atom is 0.460 e. The first-order chi connectivity index (χ1) is 11.5. The second kappa shape index (κ2) is 7.09. The lowest BCUT2D eigenvalue weighted by atomic mass is 9.85. The Morgan fingerprint density at radius 3 is 1.30 bits per heavy atom. The summed E-state index contributed by atoms with van der Waals surface area (Å²) in [6.07, 6.45) is -11.7. The van der Waals surface area contributed by atoms with Crippen LogP contribution in [0.15, 0.2) is 0 Å². The third-order valence-electron chi connectivity index (χ3n) is 3.59. The average Bonchev–Trinajstić information content (AvgIpc) is 2.44. The van der Waals surface area contributed by atoms with E-state index in [4.69, 9.17) is 15.9 Å². The molecule has 4 N–H and O–H groups in total. The molecule has 0 aromatic carbocycles. The molecule has 0 aromatic heterocycles. The first-order valence-electron chi connectivity index (χ1n) is 6.57. The van der Waals surface area contributed by atoms with Crippen molar-refractivity contribution in [3.63, 3.8) is 0 Å². The molecule has 0 spiro atoms. The van der Waals surface area contributed by atoms with Crippen LogP contribution in [0.1, 0.15) is 13.3 Å². The van der Waals surface area contributed by atoms with Crippen LogP contribution in [0.4, 0.5) is 57.1 Å². The molecule has 0 aliphatic rings. The molecule has 0 aromatic rings. The fourth-order valence-electron chi connectivity index (χ4n) is 1.77. The summed E-state index contributed by atoms with van der Waals surface area (Å²) in [5.74, 6) is -40.5. The summed E-state index contributed by atoms with van der Waals surface area (Å²) in [6, 6.07) is -2.19. The Labute approximate surface area is 141 Å². The quantitative estimate of drug-likeness (QED) is 0.403. The molecule has 0 saturated heterocycles. The van der Waals surface area contributed by atoms with Crippen LogP contribution in [-0.2, 0) is 0 Å². The molecule has 16 heteroatoms. The molecule has 2 unspecified atom stereocenters. The van der Waals surface area contributed by atoms with Gasteiger partial charge in [0.2, 0.25) is 0 Å². The van der Waals surface area contributed by atoms with Crippen molar-refractivity contribution >= 4 is 0 Å². The van der Waals surface area contributed by atoms with Gasteiger partial charge in [0.1, 0.15) is 0 Å². The monoisotopic (exact) mass is 437 g/mol. The van der Waals surface area contributed by atoms with Crippen LogP contribution in [0.25, 0.3) is 0 Å². The Kier molecular flexibility index (Phi) is 6.82. The van der Waals surface area contributed by atoms with E-state index in [-0.39, 0.29) is 6.92 Å². The van der Waals surface area contributed by atoms with Gasteiger partial charge in [0, 0.05) is 5.92 Å². The van der Waals surface area contributed by atoms with E-state index in [1.165, 1.54) is 0 Å². The van der Waals surface area contributed by atoms with Crippen LogP contribution < -0.4 is 5.73 Å². The number of alkyl halides is 13. The van der Waals surface area contributed by atoms with E-state index in [0.29, 0.717) is 0 Å². The molecule has 0 saturated carbocycles. The summed E-state index contributed by atoms with van der Waals surface area (Å²) in [5.41, 5.74) is 4.80. The van der Waals surface area contributed by atoms with Gasteiger partial charge in [-0.2, -0.15) is 57.1 Å². The van der Waals surface area contributed by atoms with Gasteiger partial charge in [-0.05, 0) is 6.42 Å². The van der Waals surface area contributed by atoms with Gasteiger partial charge in [-0.25, -0.2) is 0 Å². The van der Waals surface area contributed by atoms with Crippen LogP contribution in [-0.4, -0.2) is 58.3 Å². The molecular formula is C11H12F13NO2. The lowest BCUT2D eigenvalue weighted by Gasteiger charge is -2.41. The third-order valence-corrected chi connectivity index (χ3v) is 3.59. The van der Waals surface area contributed by atoms with Gasteiger partial charge in [0.05, 0.1) is 6.04 Å². The summed E-state index contributed by atoms with van der Waals surface area (Å²) in [7, 11) is 0. The van der Waals surface area contributed by atoms with Crippen molar-refractivity contribution < 1.29 is 67.3 Å². The fourth-order valence-corrected chi connectivity index (χ4v) is 1.77. The number of hydrogen-bond donors (Lipinski definition) is 3. The highest BCUT2D eigenvalue weighted by Gasteiger charge is 2.91. The minimum absolute atomic E-state index is 0.0216. The standard InChI is InChI=1S/C11H12F13NO2/c1-3(2-4(25)5(26)27)6(12,13)7(14,15)8(16,17)9(18,19)10(20,21)11(22,23)24/h3-5,26-27H,2,25H2,1H3. The molecule has 0 radical (unpaired) electrons. The number of rotatable bonds is 8. The number of aliphatic hydroxyl groups excluding tert-OH is 1. The molecule has 0 bridgehead atoms. The van der Waals surface area contributed by atoms with Gasteiger partial charge in [-0.15, -0.1) is 0 Å². The summed E-state index contributed by atoms with van der Waals surface area (Å²) < 4.78 is 168. The van der Waals surface area contributed by atoms with Crippen LogP contribution >= 0.6 is 0 Å². The minimum atomic E-state index is -7.97. The molecular weight excluding hydrogens is 425 g/mol. The Morgan fingerprint density at radius 1 is 0.667 bits per heavy atom. The summed E-state index contributed by atoms with van der Waals surface area (Å²) in [4.78, 5) is 0. The van der Waals surface area contributed by atoms with E-state index < -0.39 is 60.5 Å². The Hall–Kier alpha value is -1.03. The second-order valence-electron chi connectivity index (χ2n) is 5.63. The van der Waals surface area contributed by atoms with Crippen LogP contribution in [0.3, 0.4) is 0 Å². The number of hydrogen-bond acceptors (Lipinski definition) is 3. The summed E-state index contributed by atoms with van der Waals surface area (Å²) in [5, 5.41) is 17.1. The number of halogens is 13. The largest absolute Gasteiger partial charge is 0.460 e. The Balaban J connectivity index is 6.15. The maximum absolute atomic E-state index is 13.6. The van der Waals surface area contributed by atoms with Gasteiger partial charge < -0.3 is 15.9 Å². The van der Waals surface area contributed by atoms with Crippen molar-refractivity contribution in [2.75, 3.05) is 0 Å². The van der Waals surface area contributed by atoms with Crippen LogP contribution in [0.2, 0.25) is 0 Å². The highest BCUT2D eigenvalue weighted by Crippen LogP contribution is 2.61. The van der Waals surface area contributed by atoms with Gasteiger partial charge in [0.15, 0.2) is 6.29 Å². The first kappa shape index (κ1) is 26.0. The SMILES string of the molecule is CC(CC(N)C(O)O)C(F)(F)C(F)(F)C(F)(F)C(F)(F)C(F)(F)C(F)(F)F.